The number of carbonyl (C=O) groups excluding carboxylic acids is 1. The van der Waals surface area contributed by atoms with Gasteiger partial charge in [-0.15, -0.1) is 0 Å². The second-order valence-electron chi connectivity index (χ2n) is 9.67. The molecule has 32 heavy (non-hydrogen) atoms. The van der Waals surface area contributed by atoms with Crippen LogP contribution >= 0.6 is 0 Å². The highest BCUT2D eigenvalue weighted by Crippen LogP contribution is 2.28. The number of amides is 1. The first-order valence-electron chi connectivity index (χ1n) is 11.5. The number of piperidine rings is 1. The zero-order valence-electron chi connectivity index (χ0n) is 19.2. The van der Waals surface area contributed by atoms with Crippen molar-refractivity contribution >= 4 is 16.9 Å². The predicted molar refractivity (Wildman–Crippen MR) is 128 cm³/mol. The molecule has 1 atom stereocenters. The summed E-state index contributed by atoms with van der Waals surface area (Å²) in [7, 11) is 0. The van der Waals surface area contributed by atoms with Gasteiger partial charge in [-0.1, -0.05) is 63.6 Å². The highest BCUT2D eigenvalue weighted by Gasteiger charge is 2.24. The van der Waals surface area contributed by atoms with Crippen molar-refractivity contribution in [2.24, 2.45) is 0 Å². The van der Waals surface area contributed by atoms with Crippen molar-refractivity contribution in [2.75, 3.05) is 19.6 Å². The zero-order chi connectivity index (χ0) is 22.7. The molecule has 0 aliphatic carbocycles. The van der Waals surface area contributed by atoms with Crippen molar-refractivity contribution in [1.29, 1.82) is 0 Å². The van der Waals surface area contributed by atoms with Gasteiger partial charge in [-0.05, 0) is 54.6 Å². The van der Waals surface area contributed by atoms with Crippen LogP contribution in [0.25, 0.3) is 11.0 Å². The van der Waals surface area contributed by atoms with Gasteiger partial charge in [0.05, 0.1) is 11.4 Å². The summed E-state index contributed by atoms with van der Waals surface area (Å²) in [6, 6.07) is 17.1. The Morgan fingerprint density at radius 2 is 1.72 bits per heavy atom. The monoisotopic (exact) mass is 432 g/mol. The van der Waals surface area contributed by atoms with Crippen molar-refractivity contribution in [3.8, 4) is 0 Å². The first-order chi connectivity index (χ1) is 15.3. The van der Waals surface area contributed by atoms with Crippen molar-refractivity contribution in [3.05, 3.63) is 81.7 Å². The molecule has 168 valence electrons. The maximum atomic E-state index is 12.9. The number of hydrogen-bond acceptors (Lipinski definition) is 4. The number of rotatable bonds is 5. The van der Waals surface area contributed by atoms with Gasteiger partial charge in [0, 0.05) is 12.6 Å². The molecule has 1 aromatic heterocycles. The third-order valence-corrected chi connectivity index (χ3v) is 6.31. The van der Waals surface area contributed by atoms with Crippen LogP contribution in [0.4, 0.5) is 0 Å². The van der Waals surface area contributed by atoms with Crippen molar-refractivity contribution < 1.29 is 9.21 Å². The van der Waals surface area contributed by atoms with E-state index in [1.165, 1.54) is 36.5 Å². The van der Waals surface area contributed by atoms with Gasteiger partial charge in [0.1, 0.15) is 5.58 Å². The highest BCUT2D eigenvalue weighted by atomic mass is 16.3. The molecule has 0 radical (unpaired) electrons. The summed E-state index contributed by atoms with van der Waals surface area (Å²) in [4.78, 5) is 27.7. The number of hydrogen-bond donors (Lipinski definition) is 1. The summed E-state index contributed by atoms with van der Waals surface area (Å²) in [6.45, 7) is 9.13. The Morgan fingerprint density at radius 1 is 1.03 bits per heavy atom. The van der Waals surface area contributed by atoms with Crippen molar-refractivity contribution in [2.45, 2.75) is 51.5 Å². The first kappa shape index (κ1) is 22.3. The van der Waals surface area contributed by atoms with Crippen LogP contribution in [-0.4, -0.2) is 30.4 Å². The molecule has 1 aliphatic heterocycles. The molecule has 1 saturated heterocycles. The summed E-state index contributed by atoms with van der Waals surface area (Å²) in [5, 5.41) is 3.50. The first-order valence-corrected chi connectivity index (χ1v) is 11.5. The highest BCUT2D eigenvalue weighted by molar-refractivity contribution is 5.93. The Morgan fingerprint density at radius 3 is 2.41 bits per heavy atom. The second-order valence-corrected chi connectivity index (χ2v) is 9.67. The van der Waals surface area contributed by atoms with Crippen molar-refractivity contribution in [1.82, 2.24) is 10.2 Å². The van der Waals surface area contributed by atoms with Crippen LogP contribution in [0.2, 0.25) is 0 Å². The molecule has 4 rings (SSSR count). The van der Waals surface area contributed by atoms with Crippen molar-refractivity contribution in [3.63, 3.8) is 0 Å². The lowest BCUT2D eigenvalue weighted by atomic mass is 9.86. The molecule has 2 aromatic carbocycles. The predicted octanol–water partition coefficient (Wildman–Crippen LogP) is 5.05. The fourth-order valence-corrected chi connectivity index (χ4v) is 4.39. The Balaban J connectivity index is 1.55. The van der Waals surface area contributed by atoms with E-state index in [4.69, 9.17) is 4.42 Å². The molecular formula is C27H32N2O3. The summed E-state index contributed by atoms with van der Waals surface area (Å²) in [5.74, 6) is -0.310. The van der Waals surface area contributed by atoms with E-state index >= 15 is 0 Å². The van der Waals surface area contributed by atoms with Crippen LogP contribution in [0.5, 0.6) is 0 Å². The Kier molecular flexibility index (Phi) is 6.47. The van der Waals surface area contributed by atoms with Crippen LogP contribution in [0.3, 0.4) is 0 Å². The Bertz CT molecular complexity index is 1140. The third-order valence-electron chi connectivity index (χ3n) is 6.31. The Hall–Kier alpha value is -2.92. The zero-order valence-corrected chi connectivity index (χ0v) is 19.2. The normalized spacial score (nSPS) is 16.1. The molecule has 1 N–H and O–H groups in total. The average Bonchev–Trinajstić information content (AvgIpc) is 2.79. The molecule has 2 heterocycles. The minimum Gasteiger partial charge on any atom is -0.451 e. The van der Waals surface area contributed by atoms with E-state index in [0.29, 0.717) is 17.5 Å². The number of carbonyl (C=O) groups is 1. The lowest BCUT2D eigenvalue weighted by molar-refractivity contribution is 0.0897. The quantitative estimate of drug-likeness (QED) is 0.613. The number of para-hydroxylation sites is 1. The third kappa shape index (κ3) is 4.94. The van der Waals surface area contributed by atoms with Gasteiger partial charge < -0.3 is 9.73 Å². The number of fused-ring (bicyclic) bond motifs is 1. The van der Waals surface area contributed by atoms with E-state index < -0.39 is 0 Å². The van der Waals surface area contributed by atoms with E-state index in [2.05, 4.69) is 55.3 Å². The van der Waals surface area contributed by atoms with Crippen LogP contribution in [-0.2, 0) is 5.41 Å². The average molecular weight is 433 g/mol. The van der Waals surface area contributed by atoms with Gasteiger partial charge in [-0.2, -0.15) is 0 Å². The largest absolute Gasteiger partial charge is 0.451 e. The fourth-order valence-electron chi connectivity index (χ4n) is 4.39. The molecule has 0 unspecified atom stereocenters. The maximum absolute atomic E-state index is 12.9. The summed E-state index contributed by atoms with van der Waals surface area (Å²) < 4.78 is 5.72. The SMILES string of the molecule is CC(C)(C)c1ccc([C@@H](CNC(=O)c2cc(=O)c3ccccc3o2)N2CCCCC2)cc1. The minimum absolute atomic E-state index is 0.0502. The van der Waals surface area contributed by atoms with Gasteiger partial charge in [0.25, 0.3) is 5.91 Å². The summed E-state index contributed by atoms with van der Waals surface area (Å²) in [6.07, 6.45) is 3.59. The van der Waals surface area contributed by atoms with E-state index in [0.717, 1.165) is 13.1 Å². The molecule has 0 saturated carbocycles. The minimum atomic E-state index is -0.360. The molecule has 1 aliphatic rings. The van der Waals surface area contributed by atoms with Crippen LogP contribution < -0.4 is 10.7 Å². The summed E-state index contributed by atoms with van der Waals surface area (Å²) >= 11 is 0. The Labute approximate surface area is 189 Å². The molecule has 1 amide bonds. The topological polar surface area (TPSA) is 62.6 Å². The number of likely N-dealkylation sites (tertiary alicyclic amines) is 1. The van der Waals surface area contributed by atoms with E-state index in [-0.39, 0.29) is 28.6 Å². The van der Waals surface area contributed by atoms with Gasteiger partial charge in [-0.25, -0.2) is 0 Å². The van der Waals surface area contributed by atoms with E-state index in [1.54, 1.807) is 24.3 Å². The van der Waals surface area contributed by atoms with Gasteiger partial charge in [0.2, 0.25) is 0 Å². The molecule has 5 nitrogen and oxygen atoms in total. The number of nitrogens with zero attached hydrogens (tertiary/aromatic N) is 1. The molecule has 3 aromatic rings. The molecule has 0 bridgehead atoms. The molecule has 1 fully saturated rings. The summed E-state index contributed by atoms with van der Waals surface area (Å²) in [5.41, 5.74) is 2.81. The maximum Gasteiger partial charge on any atom is 0.287 e. The van der Waals surface area contributed by atoms with Gasteiger partial charge in [0.15, 0.2) is 11.2 Å². The standard InChI is InChI=1S/C27H32N2O3/c1-27(2,3)20-13-11-19(12-14-20)22(29-15-7-4-8-16-29)18-28-26(31)25-17-23(30)21-9-5-6-10-24(21)32-25/h5-6,9-14,17,22H,4,7-8,15-16,18H2,1-3H3,(H,28,31)/t22-/m1/s1. The van der Waals surface area contributed by atoms with E-state index in [9.17, 15) is 9.59 Å². The molecule has 5 heteroatoms. The van der Waals surface area contributed by atoms with Gasteiger partial charge in [-0.3, -0.25) is 14.5 Å². The van der Waals surface area contributed by atoms with Gasteiger partial charge >= 0.3 is 0 Å². The molecule has 0 spiro atoms. The van der Waals surface area contributed by atoms with E-state index in [1.807, 2.05) is 0 Å². The smallest absolute Gasteiger partial charge is 0.287 e. The number of nitrogens with one attached hydrogen (secondary N) is 1. The second kappa shape index (κ2) is 9.29. The lowest BCUT2D eigenvalue weighted by Gasteiger charge is -2.35. The lowest BCUT2D eigenvalue weighted by Crippen LogP contribution is -2.40. The number of benzene rings is 2. The van der Waals surface area contributed by atoms with Crippen LogP contribution in [0.15, 0.2) is 63.8 Å². The van der Waals surface area contributed by atoms with Crippen LogP contribution in [0, 0.1) is 0 Å². The fraction of sp³-hybridized carbons (Fsp3) is 0.407. The van der Waals surface area contributed by atoms with Crippen LogP contribution in [0.1, 0.15) is 67.8 Å². The molecular weight excluding hydrogens is 400 g/mol.